The van der Waals surface area contributed by atoms with Gasteiger partial charge in [-0.05, 0) is 10.3 Å². The molecule has 0 saturated heterocycles. The van der Waals surface area contributed by atoms with E-state index in [-0.39, 0.29) is 0 Å². The van der Waals surface area contributed by atoms with Crippen LogP contribution in [0.25, 0.3) is 0 Å². The maximum Gasteiger partial charge on any atom is 0.101 e. The van der Waals surface area contributed by atoms with Crippen molar-refractivity contribution in [3.8, 4) is 0 Å². The van der Waals surface area contributed by atoms with Gasteiger partial charge < -0.3 is 0 Å². The molecule has 3 heteroatoms. The minimum Gasteiger partial charge on any atom is -0.107 e. The van der Waals surface area contributed by atoms with Gasteiger partial charge in [0.25, 0.3) is 0 Å². The van der Waals surface area contributed by atoms with Crippen LogP contribution in [0.5, 0.6) is 0 Å². The van der Waals surface area contributed by atoms with Crippen molar-refractivity contribution in [1.82, 2.24) is 0 Å². The molecule has 0 heterocycles. The molecule has 0 aromatic heterocycles. The van der Waals surface area contributed by atoms with Gasteiger partial charge in [-0.15, -0.1) is 13.2 Å². The van der Waals surface area contributed by atoms with Gasteiger partial charge in [-0.1, -0.05) is 64.5 Å². The molecule has 2 unspecified atom stereocenters. The first kappa shape index (κ1) is 17.1. The van der Waals surface area contributed by atoms with Gasteiger partial charge in [-0.3, -0.25) is 0 Å². The van der Waals surface area contributed by atoms with Crippen molar-refractivity contribution >= 4 is 24.2 Å². The maximum atomic E-state index is 4.21. The second kappa shape index (κ2) is 5.41. The smallest absolute Gasteiger partial charge is 0.101 e. The monoisotopic (exact) mass is 284 g/mol. The van der Waals surface area contributed by atoms with Gasteiger partial charge in [0.1, 0.15) is 8.07 Å². The molecule has 0 aliphatic carbocycles. The highest BCUT2D eigenvalue weighted by Crippen LogP contribution is 2.44. The predicted octanol–water partition coefficient (Wildman–Crippen LogP) is 5.42. The van der Waals surface area contributed by atoms with E-state index in [0.29, 0.717) is 0 Å². The lowest BCUT2D eigenvalue weighted by atomic mass is 10.9. The van der Waals surface area contributed by atoms with Gasteiger partial charge in [0.05, 0.1) is 0 Å². The zero-order chi connectivity index (χ0) is 14.1. The average molecular weight is 285 g/mol. The van der Waals surface area contributed by atoms with Crippen LogP contribution >= 0.6 is 0 Å². The van der Waals surface area contributed by atoms with E-state index in [0.717, 1.165) is 10.3 Å². The molecule has 0 saturated carbocycles. The first-order chi connectivity index (χ1) is 7.43. The SMILES string of the molecule is C=C[Si](C=C)(C(C)[Si](C)(C)C)C(C)[Si](C)(C)C. The van der Waals surface area contributed by atoms with Crippen LogP contribution in [-0.4, -0.2) is 24.2 Å². The van der Waals surface area contributed by atoms with Crippen LogP contribution in [0.3, 0.4) is 0 Å². The van der Waals surface area contributed by atoms with Crippen molar-refractivity contribution in [2.24, 2.45) is 0 Å². The van der Waals surface area contributed by atoms with Crippen molar-refractivity contribution in [1.29, 1.82) is 0 Å². The zero-order valence-electron chi connectivity index (χ0n) is 13.2. The molecular weight excluding hydrogens is 252 g/mol. The summed E-state index contributed by atoms with van der Waals surface area (Å²) < 4.78 is 0. The molecule has 0 bridgehead atoms. The van der Waals surface area contributed by atoms with E-state index in [1.807, 2.05) is 0 Å². The number of hydrogen-bond donors (Lipinski definition) is 0. The first-order valence-electron chi connectivity index (χ1n) is 6.70. The zero-order valence-corrected chi connectivity index (χ0v) is 16.2. The second-order valence-corrected chi connectivity index (χ2v) is 24.5. The molecule has 0 radical (unpaired) electrons. The largest absolute Gasteiger partial charge is 0.107 e. The third kappa shape index (κ3) is 3.55. The summed E-state index contributed by atoms with van der Waals surface area (Å²) in [6, 6.07) is 0. The summed E-state index contributed by atoms with van der Waals surface area (Å²) in [6.07, 6.45) is 0. The minimum absolute atomic E-state index is 0.826. The molecule has 0 aliphatic heterocycles. The summed E-state index contributed by atoms with van der Waals surface area (Å²) in [5.74, 6) is 0. The summed E-state index contributed by atoms with van der Waals surface area (Å²) in [5, 5.41) is 1.65. The Balaban J connectivity index is 5.62. The Kier molecular flexibility index (Phi) is 5.45. The fourth-order valence-electron chi connectivity index (χ4n) is 2.67. The van der Waals surface area contributed by atoms with Crippen LogP contribution in [-0.2, 0) is 0 Å². The molecule has 0 N–H and O–H groups in total. The third-order valence-corrected chi connectivity index (χ3v) is 22.6. The molecule has 0 aliphatic rings. The standard InChI is InChI=1S/C14H32Si3/c1-11-17(12-2,13(3)15(5,6)7)14(4)16(8,9)10/h11-14H,1-2H2,3-10H3. The third-order valence-electron chi connectivity index (χ3n) is 4.81. The highest BCUT2D eigenvalue weighted by molar-refractivity contribution is 7.10. The fourth-order valence-corrected chi connectivity index (χ4v) is 20.4. The molecule has 0 rings (SSSR count). The molecule has 2 atom stereocenters. The van der Waals surface area contributed by atoms with Crippen LogP contribution in [0, 0.1) is 0 Å². The van der Waals surface area contributed by atoms with Gasteiger partial charge in [-0.25, -0.2) is 0 Å². The predicted molar refractivity (Wildman–Crippen MR) is 91.7 cm³/mol. The van der Waals surface area contributed by atoms with Crippen molar-refractivity contribution in [3.05, 3.63) is 24.6 Å². The normalized spacial score (nSPS) is 17.4. The topological polar surface area (TPSA) is 0 Å². The quantitative estimate of drug-likeness (QED) is 0.571. The Bertz CT molecular complexity index is 251. The van der Waals surface area contributed by atoms with E-state index in [1.54, 1.807) is 0 Å². The maximum absolute atomic E-state index is 4.21. The van der Waals surface area contributed by atoms with Crippen LogP contribution < -0.4 is 0 Å². The lowest BCUT2D eigenvalue weighted by molar-refractivity contribution is 1.09. The molecule has 0 nitrogen and oxygen atoms in total. The lowest BCUT2D eigenvalue weighted by Gasteiger charge is -2.47. The van der Waals surface area contributed by atoms with E-state index in [2.05, 4.69) is 77.7 Å². The van der Waals surface area contributed by atoms with Crippen LogP contribution in [0.2, 0.25) is 49.6 Å². The van der Waals surface area contributed by atoms with E-state index < -0.39 is 24.2 Å². The minimum atomic E-state index is -1.57. The van der Waals surface area contributed by atoms with Gasteiger partial charge >= 0.3 is 0 Å². The fraction of sp³-hybridized carbons (Fsp3) is 0.714. The molecular formula is C14H32Si3. The number of hydrogen-bond acceptors (Lipinski definition) is 0. The Morgan fingerprint density at radius 2 is 0.941 bits per heavy atom. The van der Waals surface area contributed by atoms with Gasteiger partial charge in [-0.2, -0.15) is 0 Å². The summed E-state index contributed by atoms with van der Waals surface area (Å²) in [5.41, 5.74) is 4.65. The second-order valence-electron chi connectivity index (χ2n) is 7.58. The van der Waals surface area contributed by atoms with E-state index in [4.69, 9.17) is 0 Å². The summed E-state index contributed by atoms with van der Waals surface area (Å²) in [7, 11) is -3.85. The molecule has 0 amide bonds. The van der Waals surface area contributed by atoms with Crippen molar-refractivity contribution < 1.29 is 0 Å². The highest BCUT2D eigenvalue weighted by Gasteiger charge is 2.48. The Labute approximate surface area is 112 Å². The van der Waals surface area contributed by atoms with Gasteiger partial charge in [0.2, 0.25) is 0 Å². The molecule has 0 aromatic rings. The molecule has 100 valence electrons. The summed E-state index contributed by atoms with van der Waals surface area (Å²) in [4.78, 5) is 0. The van der Waals surface area contributed by atoms with Crippen molar-refractivity contribution in [2.75, 3.05) is 0 Å². The van der Waals surface area contributed by atoms with E-state index in [1.165, 1.54) is 0 Å². The Morgan fingerprint density at radius 3 is 1.06 bits per heavy atom. The molecule has 0 spiro atoms. The van der Waals surface area contributed by atoms with Crippen LogP contribution in [0.4, 0.5) is 0 Å². The van der Waals surface area contributed by atoms with Gasteiger partial charge in [0.15, 0.2) is 0 Å². The lowest BCUT2D eigenvalue weighted by Crippen LogP contribution is -2.54. The molecule has 17 heavy (non-hydrogen) atoms. The summed E-state index contributed by atoms with van der Waals surface area (Å²) >= 11 is 0. The van der Waals surface area contributed by atoms with E-state index in [9.17, 15) is 0 Å². The van der Waals surface area contributed by atoms with Crippen molar-refractivity contribution in [2.45, 2.75) is 63.5 Å². The van der Waals surface area contributed by atoms with E-state index >= 15 is 0 Å². The molecule has 0 aromatic carbocycles. The Hall–Kier alpha value is 0.131. The first-order valence-corrected chi connectivity index (χ1v) is 16.2. The average Bonchev–Trinajstić information content (AvgIpc) is 2.17. The van der Waals surface area contributed by atoms with Crippen molar-refractivity contribution in [3.63, 3.8) is 0 Å². The van der Waals surface area contributed by atoms with Crippen LogP contribution in [0.15, 0.2) is 24.6 Å². The Morgan fingerprint density at radius 1 is 0.706 bits per heavy atom. The number of rotatable bonds is 6. The highest BCUT2D eigenvalue weighted by atomic mass is 28.4. The van der Waals surface area contributed by atoms with Crippen LogP contribution in [0.1, 0.15) is 13.8 Å². The summed E-state index contributed by atoms with van der Waals surface area (Å²) in [6.45, 7) is 28.3. The van der Waals surface area contributed by atoms with Gasteiger partial charge in [0, 0.05) is 16.1 Å². The molecule has 0 fully saturated rings.